The number of benzene rings is 3. The van der Waals surface area contributed by atoms with Crippen LogP contribution in [0.5, 0.6) is 11.5 Å². The van der Waals surface area contributed by atoms with E-state index in [1.165, 1.54) is 96.3 Å². The molecule has 0 saturated heterocycles. The van der Waals surface area contributed by atoms with E-state index in [9.17, 15) is 0 Å². The van der Waals surface area contributed by atoms with Gasteiger partial charge in [-0.2, -0.15) is 0 Å². The van der Waals surface area contributed by atoms with E-state index in [4.69, 9.17) is 13.9 Å². The van der Waals surface area contributed by atoms with Crippen LogP contribution in [0, 0.1) is 0 Å². The Morgan fingerprint density at radius 1 is 0.592 bits per heavy atom. The number of unbranched alkanes of at least 4 members (excludes halogenated alkanes) is 14. The zero-order valence-electron chi connectivity index (χ0n) is 30.4. The van der Waals surface area contributed by atoms with Gasteiger partial charge in [-0.3, -0.25) is 4.99 Å². The van der Waals surface area contributed by atoms with Crippen LogP contribution in [0.4, 0.5) is 5.69 Å². The van der Waals surface area contributed by atoms with Crippen molar-refractivity contribution in [3.05, 3.63) is 78.4 Å². The summed E-state index contributed by atoms with van der Waals surface area (Å²) in [5.74, 6) is 2.74. The highest BCUT2D eigenvalue weighted by Crippen LogP contribution is 2.27. The van der Waals surface area contributed by atoms with Gasteiger partial charge in [0.1, 0.15) is 11.5 Å². The van der Waals surface area contributed by atoms with Crippen LogP contribution in [0.25, 0.3) is 22.9 Å². The van der Waals surface area contributed by atoms with E-state index in [0.29, 0.717) is 11.8 Å². The minimum absolute atomic E-state index is 0.226. The molecule has 4 aromatic rings. The summed E-state index contributed by atoms with van der Waals surface area (Å²) in [6.07, 6.45) is 24.3. The van der Waals surface area contributed by atoms with Crippen molar-refractivity contribution < 1.29 is 13.9 Å². The molecule has 0 bridgehead atoms. The van der Waals surface area contributed by atoms with E-state index in [2.05, 4.69) is 36.0 Å². The molecule has 0 aliphatic rings. The summed E-state index contributed by atoms with van der Waals surface area (Å²) in [6, 6.07) is 23.8. The molecule has 0 amide bonds. The molecule has 0 fully saturated rings. The molecule has 3 aromatic carbocycles. The number of hydrogen-bond acceptors (Lipinski definition) is 6. The standard InChI is InChI=1S/C43H59N3O3/c1-4-6-8-10-11-12-13-14-15-16-17-19-33-47-40-31-25-38(26-32-40)43-46-45-42(49-43)37-23-27-39(28-24-37)44-34-36-21-29-41(30-22-36)48-35(3)20-18-9-7-5-2/h21-32,34-35H,4-20,33H2,1-3H3/t35-/m0/s1. The number of aromatic nitrogens is 2. The summed E-state index contributed by atoms with van der Waals surface area (Å²) < 4.78 is 18.1. The van der Waals surface area contributed by atoms with Gasteiger partial charge in [-0.1, -0.05) is 104 Å². The zero-order valence-corrected chi connectivity index (χ0v) is 30.4. The molecule has 1 heterocycles. The van der Waals surface area contributed by atoms with Gasteiger partial charge >= 0.3 is 0 Å². The number of rotatable bonds is 25. The molecule has 0 aliphatic heterocycles. The zero-order chi connectivity index (χ0) is 34.4. The highest BCUT2D eigenvalue weighted by atomic mass is 16.5. The van der Waals surface area contributed by atoms with Crippen molar-refractivity contribution in [2.24, 2.45) is 4.99 Å². The van der Waals surface area contributed by atoms with E-state index in [-0.39, 0.29) is 6.10 Å². The van der Waals surface area contributed by atoms with Crippen molar-refractivity contribution in [1.82, 2.24) is 10.2 Å². The Hall–Kier alpha value is -3.93. The van der Waals surface area contributed by atoms with Crippen LogP contribution in [-0.4, -0.2) is 29.1 Å². The van der Waals surface area contributed by atoms with Gasteiger partial charge in [0.2, 0.25) is 11.8 Å². The van der Waals surface area contributed by atoms with Crippen LogP contribution >= 0.6 is 0 Å². The largest absolute Gasteiger partial charge is 0.494 e. The highest BCUT2D eigenvalue weighted by Gasteiger charge is 2.11. The molecular formula is C43H59N3O3. The Morgan fingerprint density at radius 3 is 1.65 bits per heavy atom. The van der Waals surface area contributed by atoms with E-state index in [0.717, 1.165) is 53.3 Å². The molecule has 6 nitrogen and oxygen atoms in total. The SMILES string of the molecule is CCCCCCCCCCCCCCOc1ccc(-c2nnc(-c3ccc(N=Cc4ccc(O[C@@H](C)CCCCCC)cc4)cc3)o2)cc1. The predicted molar refractivity (Wildman–Crippen MR) is 204 cm³/mol. The molecule has 264 valence electrons. The second-order valence-corrected chi connectivity index (χ2v) is 13.3. The minimum atomic E-state index is 0.226. The van der Waals surface area contributed by atoms with Gasteiger partial charge in [-0.05, 0) is 105 Å². The molecule has 0 unspecified atom stereocenters. The smallest absolute Gasteiger partial charge is 0.248 e. The van der Waals surface area contributed by atoms with Crippen molar-refractivity contribution in [1.29, 1.82) is 0 Å². The Bertz CT molecular complexity index is 1450. The highest BCUT2D eigenvalue weighted by molar-refractivity contribution is 5.82. The maximum Gasteiger partial charge on any atom is 0.248 e. The van der Waals surface area contributed by atoms with Crippen LogP contribution in [-0.2, 0) is 0 Å². The van der Waals surface area contributed by atoms with Gasteiger partial charge < -0.3 is 13.9 Å². The Balaban J connectivity index is 1.14. The van der Waals surface area contributed by atoms with Gasteiger partial charge in [-0.25, -0.2) is 0 Å². The van der Waals surface area contributed by atoms with Crippen LogP contribution in [0.15, 0.2) is 82.2 Å². The van der Waals surface area contributed by atoms with Crippen molar-refractivity contribution in [3.8, 4) is 34.4 Å². The lowest BCUT2D eigenvalue weighted by atomic mass is 10.1. The average molecular weight is 666 g/mol. The molecule has 1 aromatic heterocycles. The van der Waals surface area contributed by atoms with Gasteiger partial charge in [0.15, 0.2) is 0 Å². The average Bonchev–Trinajstić information content (AvgIpc) is 3.63. The third kappa shape index (κ3) is 14.6. The number of hydrogen-bond donors (Lipinski definition) is 0. The summed E-state index contributed by atoms with van der Waals surface area (Å²) in [7, 11) is 0. The number of aliphatic imine (C=N–C) groups is 1. The topological polar surface area (TPSA) is 69.7 Å². The third-order valence-electron chi connectivity index (χ3n) is 8.95. The first-order valence-corrected chi connectivity index (χ1v) is 19.1. The summed E-state index contributed by atoms with van der Waals surface area (Å²) >= 11 is 0. The predicted octanol–water partition coefficient (Wildman–Crippen LogP) is 13.0. The molecule has 0 spiro atoms. The lowest BCUT2D eigenvalue weighted by Gasteiger charge is -2.14. The number of nitrogens with zero attached hydrogens (tertiary/aromatic N) is 3. The molecule has 0 N–H and O–H groups in total. The summed E-state index contributed by atoms with van der Waals surface area (Å²) in [5.41, 5.74) is 3.60. The molecular weight excluding hydrogens is 606 g/mol. The fourth-order valence-electron chi connectivity index (χ4n) is 5.90. The van der Waals surface area contributed by atoms with Crippen molar-refractivity contribution in [3.63, 3.8) is 0 Å². The fraction of sp³-hybridized carbons (Fsp3) is 0.512. The lowest BCUT2D eigenvalue weighted by Crippen LogP contribution is -2.11. The Kier molecular flexibility index (Phi) is 17.5. The summed E-state index contributed by atoms with van der Waals surface area (Å²) in [5, 5.41) is 8.56. The molecule has 1 atom stereocenters. The Morgan fingerprint density at radius 2 is 1.08 bits per heavy atom. The van der Waals surface area contributed by atoms with E-state index < -0.39 is 0 Å². The second kappa shape index (κ2) is 22.7. The van der Waals surface area contributed by atoms with Crippen LogP contribution in [0.2, 0.25) is 0 Å². The van der Waals surface area contributed by atoms with Gasteiger partial charge in [0, 0.05) is 17.3 Å². The molecule has 49 heavy (non-hydrogen) atoms. The van der Waals surface area contributed by atoms with Crippen molar-refractivity contribution >= 4 is 11.9 Å². The van der Waals surface area contributed by atoms with Gasteiger partial charge in [-0.15, -0.1) is 10.2 Å². The van der Waals surface area contributed by atoms with Crippen LogP contribution in [0.1, 0.15) is 135 Å². The summed E-state index contributed by atoms with van der Waals surface area (Å²) in [6.45, 7) is 7.42. The first-order valence-electron chi connectivity index (χ1n) is 19.1. The van der Waals surface area contributed by atoms with E-state index in [1.54, 1.807) is 0 Å². The Labute approximate surface area is 295 Å². The third-order valence-corrected chi connectivity index (χ3v) is 8.95. The van der Waals surface area contributed by atoms with Crippen LogP contribution < -0.4 is 9.47 Å². The molecule has 4 rings (SSSR count). The van der Waals surface area contributed by atoms with Crippen molar-refractivity contribution in [2.45, 2.75) is 136 Å². The van der Waals surface area contributed by atoms with Gasteiger partial charge in [0.25, 0.3) is 0 Å². The molecule has 0 radical (unpaired) electrons. The number of ether oxygens (including phenoxy) is 2. The summed E-state index contributed by atoms with van der Waals surface area (Å²) in [4.78, 5) is 4.64. The molecule has 0 aliphatic carbocycles. The minimum Gasteiger partial charge on any atom is -0.494 e. The van der Waals surface area contributed by atoms with Crippen LogP contribution in [0.3, 0.4) is 0 Å². The maximum atomic E-state index is 6.08. The normalized spacial score (nSPS) is 12.1. The van der Waals surface area contributed by atoms with Gasteiger partial charge in [0.05, 0.1) is 18.4 Å². The second-order valence-electron chi connectivity index (χ2n) is 13.3. The quantitative estimate of drug-likeness (QED) is 0.0520. The van der Waals surface area contributed by atoms with E-state index in [1.807, 2.05) is 79.0 Å². The molecule has 0 saturated carbocycles. The first-order chi connectivity index (χ1) is 24.1. The first kappa shape index (κ1) is 37.9. The maximum absolute atomic E-state index is 6.08. The van der Waals surface area contributed by atoms with Crippen molar-refractivity contribution in [2.75, 3.05) is 6.61 Å². The molecule has 6 heteroatoms. The lowest BCUT2D eigenvalue weighted by molar-refractivity contribution is 0.206. The van der Waals surface area contributed by atoms with E-state index >= 15 is 0 Å². The monoisotopic (exact) mass is 665 g/mol. The fourth-order valence-corrected chi connectivity index (χ4v) is 5.90.